The minimum Gasteiger partial charge on any atom is -0.281 e. The van der Waals surface area contributed by atoms with Crippen molar-refractivity contribution in [3.63, 3.8) is 0 Å². The Labute approximate surface area is 121 Å². The van der Waals surface area contributed by atoms with E-state index >= 15 is 0 Å². The van der Waals surface area contributed by atoms with Gasteiger partial charge < -0.3 is 0 Å². The first kappa shape index (κ1) is 14.0. The maximum atomic E-state index is 13.3. The highest BCUT2D eigenvalue weighted by Crippen LogP contribution is 2.31. The number of hydrogen-bond donors (Lipinski definition) is 0. The average Bonchev–Trinajstić information content (AvgIpc) is 2.49. The van der Waals surface area contributed by atoms with Gasteiger partial charge >= 0.3 is 0 Å². The van der Waals surface area contributed by atoms with Gasteiger partial charge in [-0.2, -0.15) is 0 Å². The first-order valence-corrected chi connectivity index (χ1v) is 7.23. The Morgan fingerprint density at radius 3 is 2.62 bits per heavy atom. The minimum absolute atomic E-state index is 0.136. The van der Waals surface area contributed by atoms with Crippen LogP contribution in [-0.4, -0.2) is 4.57 Å². The van der Waals surface area contributed by atoms with Crippen LogP contribution in [0.2, 0.25) is 0 Å². The molecule has 1 aliphatic rings. The summed E-state index contributed by atoms with van der Waals surface area (Å²) < 4.78 is 28.3. The molecule has 21 heavy (non-hydrogen) atoms. The van der Waals surface area contributed by atoms with Crippen molar-refractivity contribution in [2.75, 3.05) is 0 Å². The molecule has 3 rings (SSSR count). The summed E-state index contributed by atoms with van der Waals surface area (Å²) in [5.41, 5.74) is 1.21. The lowest BCUT2D eigenvalue weighted by Crippen LogP contribution is -2.25. The fraction of sp³-hybridized carbons (Fsp3) is 0.353. The quantitative estimate of drug-likeness (QED) is 0.788. The van der Waals surface area contributed by atoms with Crippen molar-refractivity contribution in [3.8, 4) is 0 Å². The number of halogens is 2. The molecule has 1 aliphatic carbocycles. The molecule has 0 aliphatic heterocycles. The molecule has 2 nitrogen and oxygen atoms in total. The third-order valence-electron chi connectivity index (χ3n) is 4.14. The van der Waals surface area contributed by atoms with E-state index in [1.807, 2.05) is 0 Å². The van der Waals surface area contributed by atoms with Crippen LogP contribution in [0, 0.1) is 6.92 Å². The molecule has 1 heterocycles. The van der Waals surface area contributed by atoms with Crippen LogP contribution in [0.15, 0.2) is 35.1 Å². The maximum Gasteiger partial charge on any atom is 0.264 e. The van der Waals surface area contributed by atoms with E-state index in [9.17, 15) is 13.6 Å². The van der Waals surface area contributed by atoms with Crippen molar-refractivity contribution >= 4 is 16.6 Å². The Balaban J connectivity index is 2.41. The Morgan fingerprint density at radius 1 is 1.19 bits per heavy atom. The summed E-state index contributed by atoms with van der Waals surface area (Å²) in [5, 5.41) is 0.469. The van der Waals surface area contributed by atoms with Crippen LogP contribution in [-0.2, 0) is 0 Å². The number of benzene rings is 1. The van der Waals surface area contributed by atoms with Gasteiger partial charge in [0, 0.05) is 22.2 Å². The molecular weight excluding hydrogens is 272 g/mol. The highest BCUT2D eigenvalue weighted by atomic mass is 19.3. The van der Waals surface area contributed by atoms with Gasteiger partial charge in [0.15, 0.2) is 0 Å². The molecule has 0 fully saturated rings. The van der Waals surface area contributed by atoms with Gasteiger partial charge in [0.05, 0.1) is 5.52 Å². The summed E-state index contributed by atoms with van der Waals surface area (Å²) in [6.07, 6.45) is 3.31. The van der Waals surface area contributed by atoms with Crippen LogP contribution in [0.25, 0.3) is 16.6 Å². The SMILES string of the molecule is Cc1c(C(F)F)c2ccccc2n(C2=CCCCC2)c1=O. The molecule has 0 saturated carbocycles. The Bertz CT molecular complexity index is 774. The van der Waals surface area contributed by atoms with Crippen LogP contribution in [0.5, 0.6) is 0 Å². The highest BCUT2D eigenvalue weighted by Gasteiger charge is 2.21. The second-order valence-electron chi connectivity index (χ2n) is 5.44. The number of alkyl halides is 2. The number of para-hydroxylation sites is 1. The molecule has 0 spiro atoms. The molecule has 4 heteroatoms. The Morgan fingerprint density at radius 2 is 1.95 bits per heavy atom. The van der Waals surface area contributed by atoms with Crippen LogP contribution in [0.4, 0.5) is 8.78 Å². The summed E-state index contributed by atoms with van der Waals surface area (Å²) in [4.78, 5) is 12.6. The summed E-state index contributed by atoms with van der Waals surface area (Å²) in [5.74, 6) is 0. The predicted octanol–water partition coefficient (Wildman–Crippen LogP) is 4.66. The second-order valence-corrected chi connectivity index (χ2v) is 5.44. The highest BCUT2D eigenvalue weighted by molar-refractivity contribution is 5.86. The summed E-state index contributed by atoms with van der Waals surface area (Å²) in [7, 11) is 0. The van der Waals surface area contributed by atoms with Crippen molar-refractivity contribution in [1.82, 2.24) is 4.57 Å². The minimum atomic E-state index is -2.64. The molecular formula is C17H17F2NO. The summed E-state index contributed by atoms with van der Waals surface area (Å²) in [6.45, 7) is 1.50. The normalized spacial score (nSPS) is 15.5. The first-order valence-electron chi connectivity index (χ1n) is 7.23. The number of pyridine rings is 1. The van der Waals surface area contributed by atoms with E-state index in [1.165, 1.54) is 6.92 Å². The molecule has 0 saturated heterocycles. The molecule has 0 bridgehead atoms. The molecule has 2 aromatic rings. The van der Waals surface area contributed by atoms with E-state index < -0.39 is 6.43 Å². The first-order chi connectivity index (χ1) is 10.1. The van der Waals surface area contributed by atoms with E-state index in [4.69, 9.17) is 0 Å². The van der Waals surface area contributed by atoms with E-state index in [2.05, 4.69) is 6.08 Å². The van der Waals surface area contributed by atoms with Gasteiger partial charge in [0.1, 0.15) is 0 Å². The molecule has 1 aromatic carbocycles. The average molecular weight is 289 g/mol. The van der Waals surface area contributed by atoms with E-state index in [0.29, 0.717) is 10.9 Å². The lowest BCUT2D eigenvalue weighted by Gasteiger charge is -2.20. The zero-order chi connectivity index (χ0) is 15.0. The fourth-order valence-electron chi connectivity index (χ4n) is 3.08. The molecule has 0 radical (unpaired) electrons. The number of fused-ring (bicyclic) bond motifs is 1. The molecule has 0 atom stereocenters. The van der Waals surface area contributed by atoms with Crippen molar-refractivity contribution in [1.29, 1.82) is 0 Å². The fourth-order valence-corrected chi connectivity index (χ4v) is 3.08. The van der Waals surface area contributed by atoms with Gasteiger partial charge in [0.25, 0.3) is 12.0 Å². The Kier molecular flexibility index (Phi) is 3.62. The predicted molar refractivity (Wildman–Crippen MR) is 80.6 cm³/mol. The van der Waals surface area contributed by atoms with E-state index in [1.54, 1.807) is 28.8 Å². The smallest absolute Gasteiger partial charge is 0.264 e. The zero-order valence-electron chi connectivity index (χ0n) is 11.9. The second kappa shape index (κ2) is 5.43. The topological polar surface area (TPSA) is 22.0 Å². The van der Waals surface area contributed by atoms with Gasteiger partial charge in [-0.15, -0.1) is 0 Å². The van der Waals surface area contributed by atoms with E-state index in [-0.39, 0.29) is 16.7 Å². The van der Waals surface area contributed by atoms with Crippen LogP contribution < -0.4 is 5.56 Å². The molecule has 0 N–H and O–H groups in total. The number of allylic oxidation sites excluding steroid dienone is 2. The molecule has 0 unspecified atom stereocenters. The summed E-state index contributed by atoms with van der Waals surface area (Å²) in [6, 6.07) is 6.94. The third kappa shape index (κ3) is 2.28. The number of hydrogen-bond acceptors (Lipinski definition) is 1. The van der Waals surface area contributed by atoms with Crippen LogP contribution >= 0.6 is 0 Å². The van der Waals surface area contributed by atoms with Gasteiger partial charge in [-0.3, -0.25) is 9.36 Å². The zero-order valence-corrected chi connectivity index (χ0v) is 11.9. The van der Waals surface area contributed by atoms with Crippen LogP contribution in [0.1, 0.15) is 43.2 Å². The standard InChI is InChI=1S/C17H17F2NO/c1-11-15(16(18)19)13-9-5-6-10-14(13)20(17(11)21)12-7-3-2-4-8-12/h5-7,9-10,16H,2-4,8H2,1H3. The molecule has 110 valence electrons. The van der Waals surface area contributed by atoms with E-state index in [0.717, 1.165) is 31.4 Å². The largest absolute Gasteiger partial charge is 0.281 e. The van der Waals surface area contributed by atoms with Crippen molar-refractivity contribution < 1.29 is 8.78 Å². The van der Waals surface area contributed by atoms with Crippen molar-refractivity contribution in [2.24, 2.45) is 0 Å². The number of aromatic nitrogens is 1. The third-order valence-corrected chi connectivity index (χ3v) is 4.14. The maximum absolute atomic E-state index is 13.3. The monoisotopic (exact) mass is 289 g/mol. The molecule has 1 aromatic heterocycles. The molecule has 0 amide bonds. The lowest BCUT2D eigenvalue weighted by molar-refractivity contribution is 0.152. The summed E-state index contributed by atoms with van der Waals surface area (Å²) >= 11 is 0. The van der Waals surface area contributed by atoms with Crippen molar-refractivity contribution in [2.45, 2.75) is 39.0 Å². The van der Waals surface area contributed by atoms with Crippen molar-refractivity contribution in [3.05, 3.63) is 51.8 Å². The number of rotatable bonds is 2. The Hall–Kier alpha value is -1.97. The van der Waals surface area contributed by atoms with Gasteiger partial charge in [0.2, 0.25) is 0 Å². The van der Waals surface area contributed by atoms with Gasteiger partial charge in [-0.1, -0.05) is 24.3 Å². The van der Waals surface area contributed by atoms with Crippen LogP contribution in [0.3, 0.4) is 0 Å². The number of nitrogens with zero attached hydrogens (tertiary/aromatic N) is 1. The van der Waals surface area contributed by atoms with Gasteiger partial charge in [-0.25, -0.2) is 8.78 Å². The van der Waals surface area contributed by atoms with Gasteiger partial charge in [-0.05, 0) is 38.7 Å². The lowest BCUT2D eigenvalue weighted by atomic mass is 10.0.